The lowest BCUT2D eigenvalue weighted by Crippen LogP contribution is -2.49. The Morgan fingerprint density at radius 2 is 1.89 bits per heavy atom. The van der Waals surface area contributed by atoms with E-state index >= 15 is 0 Å². The summed E-state index contributed by atoms with van der Waals surface area (Å²) in [4.78, 5) is 43.0. The number of Topliss-reactive ketones (excluding diaryl/α,β-unsaturated/α-hetero) is 1. The van der Waals surface area contributed by atoms with E-state index in [1.165, 1.54) is 6.92 Å². The molecule has 9 nitrogen and oxygen atoms in total. The Hall–Kier alpha value is -3.08. The summed E-state index contributed by atoms with van der Waals surface area (Å²) in [5.41, 5.74) is 1.62. The molecule has 0 bridgehead atoms. The second-order valence-corrected chi connectivity index (χ2v) is 10.00. The van der Waals surface area contributed by atoms with Crippen LogP contribution in [-0.4, -0.2) is 66.2 Å². The highest BCUT2D eigenvalue weighted by atomic mass is 16.6. The summed E-state index contributed by atoms with van der Waals surface area (Å²) < 4.78 is 11.4. The van der Waals surface area contributed by atoms with E-state index in [9.17, 15) is 19.5 Å². The fourth-order valence-corrected chi connectivity index (χ4v) is 4.29. The minimum Gasteiger partial charge on any atom is -0.508 e. The van der Waals surface area contributed by atoms with Crippen LogP contribution in [0.5, 0.6) is 0 Å². The van der Waals surface area contributed by atoms with Crippen molar-refractivity contribution in [2.75, 3.05) is 13.2 Å². The van der Waals surface area contributed by atoms with E-state index in [4.69, 9.17) is 9.31 Å². The molecule has 0 aliphatic carbocycles. The smallest absolute Gasteiger partial charge is 0.508 e. The van der Waals surface area contributed by atoms with Crippen LogP contribution in [0.1, 0.15) is 51.0 Å². The van der Waals surface area contributed by atoms with Crippen LogP contribution in [0.2, 0.25) is 5.82 Å². The summed E-state index contributed by atoms with van der Waals surface area (Å²) >= 11 is 0. The van der Waals surface area contributed by atoms with E-state index in [0.717, 1.165) is 5.56 Å². The molecule has 2 heterocycles. The normalized spacial score (nSPS) is 18.8. The Morgan fingerprint density at radius 3 is 2.57 bits per heavy atom. The van der Waals surface area contributed by atoms with Crippen molar-refractivity contribution in [1.29, 1.82) is 0 Å². The zero-order chi connectivity index (χ0) is 26.9. The number of hydrogen-bond donors (Lipinski definition) is 3. The molecule has 0 unspecified atom stereocenters. The van der Waals surface area contributed by atoms with Crippen LogP contribution in [0.4, 0.5) is 0 Å². The summed E-state index contributed by atoms with van der Waals surface area (Å²) in [5, 5.41) is 16.1. The summed E-state index contributed by atoms with van der Waals surface area (Å²) in [6.07, 6.45) is -0.615. The molecule has 4 atom stereocenters. The van der Waals surface area contributed by atoms with Crippen LogP contribution in [0, 0.1) is 5.92 Å². The van der Waals surface area contributed by atoms with E-state index in [-0.39, 0.29) is 36.4 Å². The fraction of sp³-hybridized carbons (Fsp3) is 0.481. The maximum atomic E-state index is 13.4. The number of aromatic nitrogens is 1. The number of pyridine rings is 1. The highest BCUT2D eigenvalue weighted by molar-refractivity contribution is 6.49. The van der Waals surface area contributed by atoms with Gasteiger partial charge >= 0.3 is 13.1 Å². The molecule has 1 aromatic heterocycles. The molecule has 37 heavy (non-hydrogen) atoms. The van der Waals surface area contributed by atoms with Gasteiger partial charge in [-0.1, -0.05) is 50.2 Å². The Labute approximate surface area is 218 Å². The quantitative estimate of drug-likeness (QED) is 0.418. The number of rotatable bonds is 10. The molecule has 1 fully saturated rings. The van der Waals surface area contributed by atoms with Gasteiger partial charge in [-0.15, -0.1) is 0 Å². The summed E-state index contributed by atoms with van der Waals surface area (Å²) in [7, 11) is -0.891. The Balaban J connectivity index is 1.74. The van der Waals surface area contributed by atoms with Crippen molar-refractivity contribution in [2.24, 2.45) is 5.92 Å². The van der Waals surface area contributed by atoms with Gasteiger partial charge in [0, 0.05) is 30.5 Å². The van der Waals surface area contributed by atoms with Crippen LogP contribution >= 0.6 is 0 Å². The van der Waals surface area contributed by atoms with E-state index in [1.807, 2.05) is 51.1 Å². The lowest BCUT2D eigenvalue weighted by molar-refractivity contribution is -0.136. The number of carbonyl (C=O) groups excluding carboxylic acids is 3. The number of aliphatic hydroxyl groups excluding tert-OH is 1. The van der Waals surface area contributed by atoms with Crippen LogP contribution < -0.4 is 10.6 Å². The molecule has 2 aromatic rings. The molecule has 0 radical (unpaired) electrons. The SMILES string of the molecule is CC(C)C[C@H](CC(=O)[C@@H](NC(=O)c1cccc(-c2ccccc2)n1)[C@@H](C)O)B1OC[C@@H](C)NCC(=O)O1. The Bertz CT molecular complexity index is 1070. The predicted octanol–water partition coefficient (Wildman–Crippen LogP) is 2.64. The van der Waals surface area contributed by atoms with E-state index in [2.05, 4.69) is 15.6 Å². The molecule has 0 saturated carbocycles. The van der Waals surface area contributed by atoms with Gasteiger partial charge in [0.15, 0.2) is 5.78 Å². The molecular weight excluding hydrogens is 473 g/mol. The van der Waals surface area contributed by atoms with Crippen LogP contribution in [0.3, 0.4) is 0 Å². The van der Waals surface area contributed by atoms with E-state index in [1.54, 1.807) is 18.2 Å². The van der Waals surface area contributed by atoms with Crippen molar-refractivity contribution < 1.29 is 28.8 Å². The average Bonchev–Trinajstić information content (AvgIpc) is 2.87. The Morgan fingerprint density at radius 1 is 1.16 bits per heavy atom. The third-order valence-electron chi connectivity index (χ3n) is 6.14. The molecule has 3 rings (SSSR count). The van der Waals surface area contributed by atoms with Gasteiger partial charge in [-0.3, -0.25) is 14.4 Å². The van der Waals surface area contributed by atoms with Crippen molar-refractivity contribution in [3.8, 4) is 11.3 Å². The summed E-state index contributed by atoms with van der Waals surface area (Å²) in [5.74, 6) is -1.63. The van der Waals surface area contributed by atoms with Gasteiger partial charge in [-0.25, -0.2) is 4.98 Å². The standard InChI is InChI=1S/C27H36BN3O6/c1-17(2)13-21(28-36-16-18(3)29-15-25(34)37-28)14-24(33)26(19(4)32)31-27(35)23-12-8-11-22(30-23)20-9-6-5-7-10-20/h5-12,17-19,21,26,29,32H,13-16H2,1-4H3,(H,31,35)/t18-,19-,21-,26+/m1/s1. The number of aliphatic hydroxyl groups is 1. The summed E-state index contributed by atoms with van der Waals surface area (Å²) in [6, 6.07) is 13.3. The number of amides is 1. The van der Waals surface area contributed by atoms with Crippen molar-refractivity contribution in [1.82, 2.24) is 15.6 Å². The number of nitrogens with one attached hydrogen (secondary N) is 2. The number of benzene rings is 1. The maximum Gasteiger partial charge on any atom is 0.531 e. The molecule has 198 valence electrons. The first-order chi connectivity index (χ1) is 17.6. The van der Waals surface area contributed by atoms with Gasteiger partial charge in [0.1, 0.15) is 11.7 Å². The van der Waals surface area contributed by atoms with Crippen LogP contribution in [0.25, 0.3) is 11.3 Å². The van der Waals surface area contributed by atoms with Gasteiger partial charge in [0.2, 0.25) is 0 Å². The van der Waals surface area contributed by atoms with Crippen LogP contribution in [0.15, 0.2) is 48.5 Å². The van der Waals surface area contributed by atoms with E-state index in [0.29, 0.717) is 18.7 Å². The monoisotopic (exact) mass is 509 g/mol. The molecule has 10 heteroatoms. The van der Waals surface area contributed by atoms with Gasteiger partial charge < -0.3 is 25.0 Å². The average molecular weight is 509 g/mol. The van der Waals surface area contributed by atoms with Crippen molar-refractivity contribution in [3.05, 3.63) is 54.2 Å². The number of carbonyl (C=O) groups is 3. The predicted molar refractivity (Wildman–Crippen MR) is 141 cm³/mol. The second-order valence-electron chi connectivity index (χ2n) is 10.00. The second kappa shape index (κ2) is 13.5. The van der Waals surface area contributed by atoms with Gasteiger partial charge in [0.25, 0.3) is 5.91 Å². The number of hydrogen-bond acceptors (Lipinski definition) is 8. The fourth-order valence-electron chi connectivity index (χ4n) is 4.29. The van der Waals surface area contributed by atoms with Gasteiger partial charge in [0.05, 0.1) is 18.3 Å². The Kier molecular flexibility index (Phi) is 10.4. The molecule has 1 aromatic carbocycles. The molecule has 0 spiro atoms. The third kappa shape index (κ3) is 8.48. The van der Waals surface area contributed by atoms with E-state index < -0.39 is 37.0 Å². The highest BCUT2D eigenvalue weighted by Crippen LogP contribution is 2.28. The first-order valence-corrected chi connectivity index (χ1v) is 12.7. The van der Waals surface area contributed by atoms with Crippen LogP contribution in [-0.2, 0) is 18.9 Å². The van der Waals surface area contributed by atoms with Crippen molar-refractivity contribution >= 4 is 24.8 Å². The number of nitrogens with zero attached hydrogens (tertiary/aromatic N) is 1. The minimum atomic E-state index is -1.16. The molecule has 1 saturated heterocycles. The first kappa shape index (κ1) is 28.5. The largest absolute Gasteiger partial charge is 0.531 e. The third-order valence-corrected chi connectivity index (χ3v) is 6.14. The van der Waals surface area contributed by atoms with Gasteiger partial charge in [-0.05, 0) is 38.3 Å². The molecular formula is C27H36BN3O6. The highest BCUT2D eigenvalue weighted by Gasteiger charge is 2.39. The molecule has 1 amide bonds. The lowest BCUT2D eigenvalue weighted by Gasteiger charge is -2.29. The number of ketones is 1. The zero-order valence-corrected chi connectivity index (χ0v) is 21.8. The molecule has 1 aliphatic rings. The zero-order valence-electron chi connectivity index (χ0n) is 21.8. The van der Waals surface area contributed by atoms with Gasteiger partial charge in [-0.2, -0.15) is 0 Å². The van der Waals surface area contributed by atoms with Crippen molar-refractivity contribution in [2.45, 2.75) is 64.5 Å². The maximum absolute atomic E-state index is 13.4. The molecule has 3 N–H and O–H groups in total. The van der Waals surface area contributed by atoms with Crippen molar-refractivity contribution in [3.63, 3.8) is 0 Å². The minimum absolute atomic E-state index is 0.0364. The molecule has 1 aliphatic heterocycles. The lowest BCUT2D eigenvalue weighted by atomic mass is 9.64. The summed E-state index contributed by atoms with van der Waals surface area (Å²) in [6.45, 7) is 7.74. The topological polar surface area (TPSA) is 127 Å². The first-order valence-electron chi connectivity index (χ1n) is 12.7.